The van der Waals surface area contributed by atoms with Crippen molar-refractivity contribution in [1.82, 2.24) is 5.32 Å². The highest BCUT2D eigenvalue weighted by Gasteiger charge is 2.07. The second-order valence-corrected chi connectivity index (χ2v) is 6.82. The van der Waals surface area contributed by atoms with Gasteiger partial charge in [0.1, 0.15) is 0 Å². The van der Waals surface area contributed by atoms with Crippen molar-refractivity contribution in [3.05, 3.63) is 59.7 Å². The van der Waals surface area contributed by atoms with E-state index in [-0.39, 0.29) is 24.2 Å². The number of hydrogen-bond acceptors (Lipinski definition) is 3. The molecule has 27 heavy (non-hydrogen) atoms. The van der Waals surface area contributed by atoms with Crippen LogP contribution < -0.4 is 16.4 Å². The van der Waals surface area contributed by atoms with Crippen molar-refractivity contribution in [3.8, 4) is 0 Å². The van der Waals surface area contributed by atoms with Crippen LogP contribution in [0.25, 0.3) is 0 Å². The molecule has 0 aliphatic heterocycles. The summed E-state index contributed by atoms with van der Waals surface area (Å²) in [6, 6.07) is 15.1. The molecule has 2 aromatic carbocycles. The lowest BCUT2D eigenvalue weighted by molar-refractivity contribution is -0.121. The Labute approximate surface area is 167 Å². The SMILES string of the molecule is CC(C)CC(=O)Nc1cccc(CNC(=O)CCc2ccccc2N)c1.Cl. The normalized spacial score (nSPS) is 10.2. The van der Waals surface area contributed by atoms with E-state index >= 15 is 0 Å². The topological polar surface area (TPSA) is 84.2 Å². The van der Waals surface area contributed by atoms with Crippen LogP contribution in [0.15, 0.2) is 48.5 Å². The number of nitrogens with two attached hydrogens (primary N) is 1. The van der Waals surface area contributed by atoms with Crippen molar-refractivity contribution in [1.29, 1.82) is 0 Å². The van der Waals surface area contributed by atoms with Crippen LogP contribution in [0, 0.1) is 5.92 Å². The first-order valence-electron chi connectivity index (χ1n) is 8.93. The molecule has 0 fully saturated rings. The molecule has 0 heterocycles. The van der Waals surface area contributed by atoms with Gasteiger partial charge < -0.3 is 16.4 Å². The molecule has 0 unspecified atom stereocenters. The number of rotatable bonds is 8. The zero-order valence-corrected chi connectivity index (χ0v) is 16.6. The van der Waals surface area contributed by atoms with Gasteiger partial charge in [0.25, 0.3) is 0 Å². The van der Waals surface area contributed by atoms with Crippen LogP contribution in [0.4, 0.5) is 11.4 Å². The van der Waals surface area contributed by atoms with E-state index in [1.165, 1.54) is 0 Å². The van der Waals surface area contributed by atoms with Crippen molar-refractivity contribution in [2.45, 2.75) is 39.7 Å². The molecule has 0 radical (unpaired) electrons. The van der Waals surface area contributed by atoms with Gasteiger partial charge in [-0.15, -0.1) is 12.4 Å². The number of para-hydroxylation sites is 1. The predicted octanol–water partition coefficient (Wildman–Crippen LogP) is 3.92. The highest BCUT2D eigenvalue weighted by atomic mass is 35.5. The molecular weight excluding hydrogens is 362 g/mol. The zero-order valence-electron chi connectivity index (χ0n) is 15.8. The quantitative estimate of drug-likeness (QED) is 0.598. The maximum Gasteiger partial charge on any atom is 0.224 e. The van der Waals surface area contributed by atoms with E-state index in [0.29, 0.717) is 37.4 Å². The second kappa shape index (κ2) is 11.2. The fraction of sp³-hybridized carbons (Fsp3) is 0.333. The Morgan fingerprint density at radius 3 is 2.48 bits per heavy atom. The standard InChI is InChI=1S/C21H27N3O2.ClH/c1-15(2)12-21(26)24-18-8-5-6-16(13-18)14-23-20(25)11-10-17-7-3-4-9-19(17)22;/h3-9,13,15H,10-12,14,22H2,1-2H3,(H,23,25)(H,24,26);1H. The number of aryl methyl sites for hydroxylation is 1. The number of nitrogen functional groups attached to an aromatic ring is 1. The first-order valence-corrected chi connectivity index (χ1v) is 8.93. The second-order valence-electron chi connectivity index (χ2n) is 6.82. The van der Waals surface area contributed by atoms with Gasteiger partial charge in [-0.05, 0) is 41.7 Å². The van der Waals surface area contributed by atoms with Crippen molar-refractivity contribution < 1.29 is 9.59 Å². The molecule has 5 nitrogen and oxygen atoms in total. The summed E-state index contributed by atoms with van der Waals surface area (Å²) in [6.45, 7) is 4.44. The zero-order chi connectivity index (χ0) is 18.9. The lowest BCUT2D eigenvalue weighted by Gasteiger charge is -2.10. The van der Waals surface area contributed by atoms with Gasteiger partial charge in [0.05, 0.1) is 0 Å². The summed E-state index contributed by atoms with van der Waals surface area (Å²) in [6.07, 6.45) is 1.49. The molecule has 0 spiro atoms. The number of carbonyl (C=O) groups excluding carboxylic acids is 2. The molecule has 0 aliphatic carbocycles. The predicted molar refractivity (Wildman–Crippen MR) is 113 cm³/mol. The Morgan fingerprint density at radius 1 is 1.04 bits per heavy atom. The number of amides is 2. The van der Waals surface area contributed by atoms with E-state index in [4.69, 9.17) is 5.73 Å². The van der Waals surface area contributed by atoms with E-state index in [2.05, 4.69) is 10.6 Å². The molecule has 2 rings (SSSR count). The molecule has 0 atom stereocenters. The summed E-state index contributed by atoms with van der Waals surface area (Å²) in [4.78, 5) is 23.9. The average molecular weight is 390 g/mol. The number of benzene rings is 2. The van der Waals surface area contributed by atoms with Gasteiger partial charge in [-0.2, -0.15) is 0 Å². The molecule has 0 bridgehead atoms. The van der Waals surface area contributed by atoms with Gasteiger partial charge in [-0.25, -0.2) is 0 Å². The van der Waals surface area contributed by atoms with Gasteiger partial charge in [0.15, 0.2) is 0 Å². The molecule has 146 valence electrons. The van der Waals surface area contributed by atoms with E-state index < -0.39 is 0 Å². The maximum absolute atomic E-state index is 12.1. The number of carbonyl (C=O) groups is 2. The average Bonchev–Trinajstić information content (AvgIpc) is 2.59. The smallest absolute Gasteiger partial charge is 0.224 e. The van der Waals surface area contributed by atoms with Crippen LogP contribution in [-0.4, -0.2) is 11.8 Å². The molecule has 0 saturated heterocycles. The molecule has 2 amide bonds. The summed E-state index contributed by atoms with van der Waals surface area (Å²) in [5.41, 5.74) is 9.28. The largest absolute Gasteiger partial charge is 0.399 e. The van der Waals surface area contributed by atoms with Gasteiger partial charge in [-0.1, -0.05) is 44.2 Å². The van der Waals surface area contributed by atoms with Crippen LogP contribution >= 0.6 is 12.4 Å². The number of anilines is 2. The Kier molecular flexibility index (Phi) is 9.37. The minimum Gasteiger partial charge on any atom is -0.399 e. The maximum atomic E-state index is 12.1. The molecule has 0 aliphatic rings. The lowest BCUT2D eigenvalue weighted by atomic mass is 10.1. The van der Waals surface area contributed by atoms with Gasteiger partial charge in [0.2, 0.25) is 11.8 Å². The summed E-state index contributed by atoms with van der Waals surface area (Å²) >= 11 is 0. The van der Waals surface area contributed by atoms with Crippen LogP contribution in [-0.2, 0) is 22.6 Å². The van der Waals surface area contributed by atoms with E-state index in [1.54, 1.807) is 0 Å². The molecule has 0 aromatic heterocycles. The molecule has 2 aromatic rings. The van der Waals surface area contributed by atoms with Crippen molar-refractivity contribution in [2.24, 2.45) is 5.92 Å². The van der Waals surface area contributed by atoms with Crippen molar-refractivity contribution in [3.63, 3.8) is 0 Å². The van der Waals surface area contributed by atoms with Gasteiger partial charge in [0, 0.05) is 30.8 Å². The third kappa shape index (κ3) is 8.13. The number of halogens is 1. The third-order valence-corrected chi connectivity index (χ3v) is 3.97. The van der Waals surface area contributed by atoms with Crippen LogP contribution in [0.5, 0.6) is 0 Å². The molecular formula is C21H28ClN3O2. The summed E-state index contributed by atoms with van der Waals surface area (Å²) in [5.74, 6) is 0.292. The Bertz CT molecular complexity index is 763. The first-order chi connectivity index (χ1) is 12.4. The van der Waals surface area contributed by atoms with E-state index in [1.807, 2.05) is 62.4 Å². The Balaban J connectivity index is 0.00000364. The van der Waals surface area contributed by atoms with Crippen LogP contribution in [0.2, 0.25) is 0 Å². The fourth-order valence-electron chi connectivity index (χ4n) is 2.64. The molecule has 4 N–H and O–H groups in total. The molecule has 0 saturated carbocycles. The Hall–Kier alpha value is -2.53. The monoisotopic (exact) mass is 389 g/mol. The van der Waals surface area contributed by atoms with E-state index in [0.717, 1.165) is 16.8 Å². The first kappa shape index (κ1) is 22.5. The summed E-state index contributed by atoms with van der Waals surface area (Å²) < 4.78 is 0. The summed E-state index contributed by atoms with van der Waals surface area (Å²) in [7, 11) is 0. The Morgan fingerprint density at radius 2 is 1.78 bits per heavy atom. The van der Waals surface area contributed by atoms with E-state index in [9.17, 15) is 9.59 Å². The summed E-state index contributed by atoms with van der Waals surface area (Å²) in [5, 5.41) is 5.80. The highest BCUT2D eigenvalue weighted by Crippen LogP contribution is 2.14. The highest BCUT2D eigenvalue weighted by molar-refractivity contribution is 5.90. The fourth-order valence-corrected chi connectivity index (χ4v) is 2.64. The minimum atomic E-state index is -0.0255. The van der Waals surface area contributed by atoms with Gasteiger partial charge in [-0.3, -0.25) is 9.59 Å². The van der Waals surface area contributed by atoms with Crippen LogP contribution in [0.3, 0.4) is 0 Å². The van der Waals surface area contributed by atoms with Crippen molar-refractivity contribution in [2.75, 3.05) is 11.1 Å². The third-order valence-electron chi connectivity index (χ3n) is 3.97. The van der Waals surface area contributed by atoms with Gasteiger partial charge >= 0.3 is 0 Å². The molecule has 6 heteroatoms. The number of nitrogens with one attached hydrogen (secondary N) is 2. The minimum absolute atomic E-state index is 0. The van der Waals surface area contributed by atoms with Crippen LogP contribution in [0.1, 0.15) is 37.8 Å². The lowest BCUT2D eigenvalue weighted by Crippen LogP contribution is -2.23. The van der Waals surface area contributed by atoms with Crippen molar-refractivity contribution >= 4 is 35.6 Å². The number of hydrogen-bond donors (Lipinski definition) is 3.